The first-order valence-corrected chi connectivity index (χ1v) is 9.40. The van der Waals surface area contributed by atoms with Crippen molar-refractivity contribution in [2.45, 2.75) is 11.8 Å². The third-order valence-electron chi connectivity index (χ3n) is 4.36. The molecule has 12 heteroatoms. The lowest BCUT2D eigenvalue weighted by atomic mass is 9.89. The number of Topliss-reactive ketones (excluding diaryl/α,β-unsaturated/α-hetero) is 1. The van der Waals surface area contributed by atoms with Crippen LogP contribution in [-0.2, 0) is 24.0 Å². The number of primary amides is 1. The molecular formula is C17H17N3O8S. The molecule has 1 aromatic heterocycles. The SMILES string of the molecule is CO/N=C(\C(=O)C[C@@H]1C(=O)N2C(C(=O)O)=C(COC(N)=O)CS[C@H]12)c1ccco1. The molecular weight excluding hydrogens is 406 g/mol. The maximum atomic E-state index is 12.7. The van der Waals surface area contributed by atoms with Gasteiger partial charge in [0, 0.05) is 17.7 Å². The number of carboxylic acids is 1. The van der Waals surface area contributed by atoms with E-state index in [-0.39, 0.29) is 41.5 Å². The van der Waals surface area contributed by atoms with Crippen LogP contribution < -0.4 is 5.73 Å². The Kier molecular flexibility index (Phi) is 5.92. The first kappa shape index (κ1) is 20.5. The van der Waals surface area contributed by atoms with Crippen LogP contribution >= 0.6 is 11.8 Å². The molecule has 0 aromatic carbocycles. The summed E-state index contributed by atoms with van der Waals surface area (Å²) in [5.41, 5.74) is 4.87. The number of hydrogen-bond acceptors (Lipinski definition) is 9. The van der Waals surface area contributed by atoms with Crippen LogP contribution in [0.4, 0.5) is 4.79 Å². The third kappa shape index (κ3) is 3.97. The van der Waals surface area contributed by atoms with Gasteiger partial charge in [-0.1, -0.05) is 5.16 Å². The fourth-order valence-electron chi connectivity index (χ4n) is 3.12. The monoisotopic (exact) mass is 423 g/mol. The number of carbonyl (C=O) groups excluding carboxylic acids is 3. The first-order valence-electron chi connectivity index (χ1n) is 8.35. The van der Waals surface area contributed by atoms with Gasteiger partial charge in [0.2, 0.25) is 5.91 Å². The summed E-state index contributed by atoms with van der Waals surface area (Å²) in [5, 5.41) is 12.7. The molecule has 3 N–H and O–H groups in total. The number of nitrogens with zero attached hydrogens (tertiary/aromatic N) is 2. The van der Waals surface area contributed by atoms with Gasteiger partial charge in [-0.3, -0.25) is 14.5 Å². The van der Waals surface area contributed by atoms with Crippen molar-refractivity contribution in [3.8, 4) is 0 Å². The molecule has 3 rings (SSSR count). The van der Waals surface area contributed by atoms with E-state index in [1.165, 1.54) is 31.2 Å². The number of β-lactam (4-membered cyclic amide) rings is 1. The van der Waals surface area contributed by atoms with Crippen molar-refractivity contribution >= 4 is 41.2 Å². The van der Waals surface area contributed by atoms with E-state index >= 15 is 0 Å². The molecule has 2 amide bonds. The highest BCUT2D eigenvalue weighted by Crippen LogP contribution is 2.45. The van der Waals surface area contributed by atoms with Crippen LogP contribution in [0.25, 0.3) is 0 Å². The summed E-state index contributed by atoms with van der Waals surface area (Å²) in [4.78, 5) is 53.6. The maximum Gasteiger partial charge on any atom is 0.404 e. The summed E-state index contributed by atoms with van der Waals surface area (Å²) in [5.74, 6) is -2.62. The predicted octanol–water partition coefficient (Wildman–Crippen LogP) is 0.555. The number of rotatable bonds is 8. The summed E-state index contributed by atoms with van der Waals surface area (Å²) >= 11 is 1.28. The smallest absolute Gasteiger partial charge is 0.404 e. The van der Waals surface area contributed by atoms with Gasteiger partial charge >= 0.3 is 12.1 Å². The molecule has 1 saturated heterocycles. The van der Waals surface area contributed by atoms with Crippen LogP contribution in [0.3, 0.4) is 0 Å². The second-order valence-corrected chi connectivity index (χ2v) is 7.21. The third-order valence-corrected chi connectivity index (χ3v) is 5.75. The molecule has 0 aliphatic carbocycles. The zero-order valence-electron chi connectivity index (χ0n) is 15.2. The molecule has 11 nitrogen and oxygen atoms in total. The van der Waals surface area contributed by atoms with Crippen LogP contribution in [0.5, 0.6) is 0 Å². The normalized spacial score (nSPS) is 21.3. The van der Waals surface area contributed by atoms with Crippen LogP contribution in [0.2, 0.25) is 0 Å². The Hall–Kier alpha value is -3.28. The van der Waals surface area contributed by atoms with E-state index in [1.807, 2.05) is 0 Å². The van der Waals surface area contributed by atoms with Crippen molar-refractivity contribution in [2.75, 3.05) is 19.5 Å². The molecule has 0 spiro atoms. The van der Waals surface area contributed by atoms with Gasteiger partial charge in [0.15, 0.2) is 17.3 Å². The van der Waals surface area contributed by atoms with Gasteiger partial charge in [0.1, 0.15) is 19.4 Å². The number of fused-ring (bicyclic) bond motifs is 1. The predicted molar refractivity (Wildman–Crippen MR) is 98.7 cm³/mol. The lowest BCUT2D eigenvalue weighted by Crippen LogP contribution is -2.62. The minimum absolute atomic E-state index is 0.0610. The van der Waals surface area contributed by atoms with Gasteiger partial charge in [-0.05, 0) is 12.1 Å². The summed E-state index contributed by atoms with van der Waals surface area (Å²) in [6, 6.07) is 3.12. The molecule has 3 heterocycles. The largest absolute Gasteiger partial charge is 0.477 e. The van der Waals surface area contributed by atoms with Crippen molar-refractivity contribution in [2.24, 2.45) is 16.8 Å². The number of hydrogen-bond donors (Lipinski definition) is 2. The summed E-state index contributed by atoms with van der Waals surface area (Å²) in [6.45, 7) is -0.326. The molecule has 0 radical (unpaired) electrons. The lowest BCUT2D eigenvalue weighted by Gasteiger charge is -2.49. The lowest BCUT2D eigenvalue weighted by molar-refractivity contribution is -0.153. The van der Waals surface area contributed by atoms with Crippen molar-refractivity contribution < 1.29 is 38.3 Å². The van der Waals surface area contributed by atoms with E-state index in [0.29, 0.717) is 0 Å². The standard InChI is InChI=1S/C17H17N3O8S/c1-26-19-12(11-3-2-4-27-11)10(21)5-9-14(22)20-13(16(23)24)8(6-28-17(18)25)7-29-15(9)20/h2-4,9,15H,5-7H2,1H3,(H2,18,25)(H,23,24)/b19-12+/t9-,15-/m1/s1. The van der Waals surface area contributed by atoms with E-state index in [4.69, 9.17) is 15.0 Å². The Bertz CT molecular complexity index is 908. The van der Waals surface area contributed by atoms with E-state index in [0.717, 1.165) is 4.90 Å². The van der Waals surface area contributed by atoms with Gasteiger partial charge < -0.3 is 24.8 Å². The second-order valence-electron chi connectivity index (χ2n) is 6.11. The van der Waals surface area contributed by atoms with Gasteiger partial charge in [-0.15, -0.1) is 11.8 Å². The number of ether oxygens (including phenoxy) is 1. The molecule has 2 aliphatic heterocycles. The maximum absolute atomic E-state index is 12.7. The molecule has 29 heavy (non-hydrogen) atoms. The van der Waals surface area contributed by atoms with Crippen LogP contribution in [0, 0.1) is 5.92 Å². The van der Waals surface area contributed by atoms with E-state index in [9.17, 15) is 24.3 Å². The molecule has 0 saturated carbocycles. The second kappa shape index (κ2) is 8.39. The number of amides is 2. The topological polar surface area (TPSA) is 162 Å². The minimum atomic E-state index is -1.33. The van der Waals surface area contributed by atoms with Gasteiger partial charge in [-0.2, -0.15) is 0 Å². The highest BCUT2D eigenvalue weighted by atomic mass is 32.2. The van der Waals surface area contributed by atoms with E-state index < -0.39 is 35.0 Å². The number of furan rings is 1. The highest BCUT2D eigenvalue weighted by Gasteiger charge is 2.54. The Labute approximate surface area is 168 Å². The number of nitrogens with two attached hydrogens (primary N) is 1. The molecule has 154 valence electrons. The highest BCUT2D eigenvalue weighted by molar-refractivity contribution is 8.00. The Balaban J connectivity index is 1.77. The number of oxime groups is 1. The Morgan fingerprint density at radius 2 is 2.21 bits per heavy atom. The first-order chi connectivity index (χ1) is 13.8. The number of aliphatic carboxylic acids is 1. The number of carbonyl (C=O) groups is 4. The Morgan fingerprint density at radius 1 is 1.45 bits per heavy atom. The summed E-state index contributed by atoms with van der Waals surface area (Å²) < 4.78 is 9.84. The van der Waals surface area contributed by atoms with Crippen LogP contribution in [-0.4, -0.2) is 64.3 Å². The van der Waals surface area contributed by atoms with Crippen molar-refractivity contribution in [1.29, 1.82) is 0 Å². The number of ketones is 1. The molecule has 0 unspecified atom stereocenters. The fourth-order valence-corrected chi connectivity index (χ4v) is 4.52. The van der Waals surface area contributed by atoms with E-state index in [1.54, 1.807) is 6.07 Å². The zero-order valence-corrected chi connectivity index (χ0v) is 16.0. The molecule has 1 aromatic rings. The average Bonchev–Trinajstić information content (AvgIpc) is 3.21. The van der Waals surface area contributed by atoms with Gasteiger partial charge in [0.25, 0.3) is 0 Å². The quantitative estimate of drug-likeness (QED) is 0.345. The van der Waals surface area contributed by atoms with Gasteiger partial charge in [-0.25, -0.2) is 9.59 Å². The van der Waals surface area contributed by atoms with Crippen molar-refractivity contribution in [3.63, 3.8) is 0 Å². The van der Waals surface area contributed by atoms with Crippen LogP contribution in [0.15, 0.2) is 39.2 Å². The number of carboxylic acid groups (broad SMARTS) is 1. The summed E-state index contributed by atoms with van der Waals surface area (Å²) in [7, 11) is 1.28. The molecule has 2 aliphatic rings. The Morgan fingerprint density at radius 3 is 2.79 bits per heavy atom. The minimum Gasteiger partial charge on any atom is -0.477 e. The average molecular weight is 423 g/mol. The molecule has 2 atom stereocenters. The fraction of sp³-hybridized carbons (Fsp3) is 0.353. The van der Waals surface area contributed by atoms with E-state index in [2.05, 4.69) is 9.89 Å². The molecule has 1 fully saturated rings. The molecule has 0 bridgehead atoms. The van der Waals surface area contributed by atoms with Gasteiger partial charge in [0.05, 0.1) is 17.6 Å². The summed E-state index contributed by atoms with van der Waals surface area (Å²) in [6.07, 6.45) is 0.145. The number of thioether (sulfide) groups is 1. The van der Waals surface area contributed by atoms with Crippen LogP contribution in [0.1, 0.15) is 12.2 Å². The van der Waals surface area contributed by atoms with Crippen molar-refractivity contribution in [1.82, 2.24) is 4.90 Å². The zero-order chi connectivity index (χ0) is 21.1. The van der Waals surface area contributed by atoms with Crippen molar-refractivity contribution in [3.05, 3.63) is 35.4 Å².